The normalized spacial score (nSPS) is 12.4. The van der Waals surface area contributed by atoms with Crippen molar-refractivity contribution < 1.29 is 17.9 Å². The average Bonchev–Trinajstić information content (AvgIpc) is 3.35. The molecule has 2 N–H and O–H groups in total. The number of ether oxygens (including phenoxy) is 1. The molecule has 0 aliphatic carbocycles. The van der Waals surface area contributed by atoms with Crippen LogP contribution in [0.2, 0.25) is 0 Å². The molecule has 4 aromatic heterocycles. The Morgan fingerprint density at radius 3 is 2.45 bits per heavy atom. The smallest absolute Gasteiger partial charge is 0.266 e. The van der Waals surface area contributed by atoms with Crippen molar-refractivity contribution in [3.05, 3.63) is 101 Å². The quantitative estimate of drug-likeness (QED) is 0.278. The van der Waals surface area contributed by atoms with Crippen LogP contribution in [0.1, 0.15) is 32.5 Å². The van der Waals surface area contributed by atoms with Crippen LogP contribution in [0.15, 0.2) is 71.9 Å². The van der Waals surface area contributed by atoms with Gasteiger partial charge in [0, 0.05) is 11.8 Å². The summed E-state index contributed by atoms with van der Waals surface area (Å²) in [4.78, 5) is 26.8. The molecule has 0 saturated heterocycles. The van der Waals surface area contributed by atoms with Crippen molar-refractivity contribution in [1.29, 1.82) is 0 Å². The molecule has 1 atom stereocenters. The molecule has 0 unspecified atom stereocenters. The predicted octanol–water partition coefficient (Wildman–Crippen LogP) is 5.56. The van der Waals surface area contributed by atoms with Gasteiger partial charge in [0.2, 0.25) is 0 Å². The average molecular weight is 572 g/mol. The van der Waals surface area contributed by atoms with Gasteiger partial charge in [0.25, 0.3) is 5.56 Å². The second-order valence-electron chi connectivity index (χ2n) is 9.98. The largest absolute Gasteiger partial charge is 0.488 e. The topological polar surface area (TPSA) is 113 Å². The minimum Gasteiger partial charge on any atom is -0.488 e. The first-order valence-corrected chi connectivity index (χ1v) is 13.1. The number of nitrogens with two attached hydrogens (primary N) is 1. The van der Waals surface area contributed by atoms with E-state index in [4.69, 9.17) is 15.6 Å². The number of fused-ring (bicyclic) bond motifs is 2. The van der Waals surface area contributed by atoms with Gasteiger partial charge in [-0.1, -0.05) is 12.1 Å². The van der Waals surface area contributed by atoms with Gasteiger partial charge in [0.15, 0.2) is 28.7 Å². The third kappa shape index (κ3) is 4.50. The van der Waals surface area contributed by atoms with Crippen molar-refractivity contribution >= 4 is 22.5 Å². The van der Waals surface area contributed by atoms with E-state index in [2.05, 4.69) is 15.0 Å². The van der Waals surface area contributed by atoms with Gasteiger partial charge in [0.1, 0.15) is 23.7 Å². The number of aromatic nitrogens is 6. The van der Waals surface area contributed by atoms with Gasteiger partial charge >= 0.3 is 0 Å². The lowest BCUT2D eigenvalue weighted by Gasteiger charge is -2.18. The van der Waals surface area contributed by atoms with E-state index in [0.717, 1.165) is 4.40 Å². The monoisotopic (exact) mass is 571 g/mol. The lowest BCUT2D eigenvalue weighted by Crippen LogP contribution is -2.24. The van der Waals surface area contributed by atoms with Crippen molar-refractivity contribution in [2.24, 2.45) is 0 Å². The molecule has 2 aromatic carbocycles. The second kappa shape index (κ2) is 10.3. The van der Waals surface area contributed by atoms with Crippen LogP contribution in [0, 0.1) is 17.5 Å². The number of hydrogen-bond donors (Lipinski definition) is 1. The number of halogens is 3. The van der Waals surface area contributed by atoms with Gasteiger partial charge < -0.3 is 10.5 Å². The zero-order valence-corrected chi connectivity index (χ0v) is 22.7. The highest BCUT2D eigenvalue weighted by molar-refractivity contribution is 5.98. The number of benzene rings is 2. The number of rotatable bonds is 6. The fourth-order valence-corrected chi connectivity index (χ4v) is 4.94. The van der Waals surface area contributed by atoms with Crippen LogP contribution in [0.5, 0.6) is 5.75 Å². The number of nitrogen functional groups attached to an aromatic ring is 1. The first-order chi connectivity index (χ1) is 20.1. The Hall–Kier alpha value is -5.26. The summed E-state index contributed by atoms with van der Waals surface area (Å²) in [7, 11) is 0. The predicted molar refractivity (Wildman–Crippen MR) is 152 cm³/mol. The molecule has 212 valence electrons. The summed E-state index contributed by atoms with van der Waals surface area (Å²) in [6.45, 7) is 5.27. The van der Waals surface area contributed by atoms with Gasteiger partial charge in [-0.2, -0.15) is 5.10 Å². The van der Waals surface area contributed by atoms with Crippen molar-refractivity contribution in [3.8, 4) is 28.1 Å². The maximum absolute atomic E-state index is 15.0. The van der Waals surface area contributed by atoms with Crippen molar-refractivity contribution in [2.75, 3.05) is 5.73 Å². The molecule has 0 bridgehead atoms. The molecule has 42 heavy (non-hydrogen) atoms. The molecule has 4 heterocycles. The third-order valence-electron chi connectivity index (χ3n) is 6.80. The molecule has 9 nitrogen and oxygen atoms in total. The van der Waals surface area contributed by atoms with Gasteiger partial charge in [-0.05, 0) is 68.8 Å². The van der Waals surface area contributed by atoms with Crippen molar-refractivity contribution in [2.45, 2.75) is 32.9 Å². The molecule has 0 fully saturated rings. The van der Waals surface area contributed by atoms with E-state index in [1.165, 1.54) is 59.7 Å². The Morgan fingerprint density at radius 1 is 0.905 bits per heavy atom. The summed E-state index contributed by atoms with van der Waals surface area (Å²) in [6.07, 6.45) is 2.41. The minimum absolute atomic E-state index is 0.0542. The fourth-order valence-electron chi connectivity index (χ4n) is 4.94. The maximum Gasteiger partial charge on any atom is 0.266 e. The van der Waals surface area contributed by atoms with E-state index >= 15 is 0 Å². The Morgan fingerprint density at radius 2 is 1.71 bits per heavy atom. The van der Waals surface area contributed by atoms with Gasteiger partial charge in [-0.3, -0.25) is 9.20 Å². The van der Waals surface area contributed by atoms with E-state index in [1.54, 1.807) is 32.9 Å². The van der Waals surface area contributed by atoms with Crippen LogP contribution in [0.3, 0.4) is 0 Å². The summed E-state index contributed by atoms with van der Waals surface area (Å²) < 4.78 is 52.3. The van der Waals surface area contributed by atoms with E-state index in [0.29, 0.717) is 10.9 Å². The third-order valence-corrected chi connectivity index (χ3v) is 6.80. The van der Waals surface area contributed by atoms with Crippen LogP contribution in [0.4, 0.5) is 19.0 Å². The molecule has 0 aliphatic rings. The molecular formula is C30H24F3N7O2. The zero-order chi connectivity index (χ0) is 29.7. The van der Waals surface area contributed by atoms with E-state index in [-0.39, 0.29) is 51.5 Å². The second-order valence-corrected chi connectivity index (χ2v) is 9.98. The highest BCUT2D eigenvalue weighted by Gasteiger charge is 2.27. The number of anilines is 1. The number of nitrogens with zero attached hydrogens (tertiary/aromatic N) is 6. The lowest BCUT2D eigenvalue weighted by atomic mass is 10.0. The van der Waals surface area contributed by atoms with Gasteiger partial charge in [0.05, 0.1) is 28.8 Å². The molecule has 0 aliphatic heterocycles. The number of hydrogen-bond acceptors (Lipinski definition) is 7. The summed E-state index contributed by atoms with van der Waals surface area (Å²) in [6, 6.07) is 11.6. The summed E-state index contributed by atoms with van der Waals surface area (Å²) in [5.41, 5.74) is 6.80. The molecule has 0 saturated carbocycles. The Balaban J connectivity index is 1.60. The first-order valence-electron chi connectivity index (χ1n) is 13.1. The van der Waals surface area contributed by atoms with E-state index < -0.39 is 29.1 Å². The van der Waals surface area contributed by atoms with E-state index in [9.17, 15) is 18.0 Å². The van der Waals surface area contributed by atoms with Crippen LogP contribution in [-0.4, -0.2) is 35.2 Å². The fraction of sp³-hybridized carbons (Fsp3) is 0.167. The SMILES string of the molecule is CC(C)Oc1ccc(-c2nn([C@H](C)c3nc4c(F)cccn4c(=O)c3-c3cccc(F)c3)c3ncnc(N)c23)cc1F. The first kappa shape index (κ1) is 26.9. The highest BCUT2D eigenvalue weighted by atomic mass is 19.1. The summed E-state index contributed by atoms with van der Waals surface area (Å²) >= 11 is 0. The Kier molecular flexibility index (Phi) is 6.60. The standard InChI is InChI=1S/C30H24F3N7O2/c1-15(2)42-22-10-9-18(13-21(22)33)26-24-27(34)35-14-36-29(24)40(38-26)16(3)25-23(17-6-4-7-19(31)12-17)30(41)39-11-5-8-20(32)28(39)37-25/h4-16H,1-3H3,(H2,34,35,36)/t16-/m1/s1. The maximum atomic E-state index is 15.0. The molecule has 12 heteroatoms. The van der Waals surface area contributed by atoms with Gasteiger partial charge in [-0.15, -0.1) is 0 Å². The minimum atomic E-state index is -0.848. The molecule has 0 radical (unpaired) electrons. The Bertz CT molecular complexity index is 2060. The molecular weight excluding hydrogens is 547 g/mol. The van der Waals surface area contributed by atoms with Crippen molar-refractivity contribution in [3.63, 3.8) is 0 Å². The summed E-state index contributed by atoms with van der Waals surface area (Å²) in [5, 5.41) is 5.07. The lowest BCUT2D eigenvalue weighted by molar-refractivity contribution is 0.231. The van der Waals surface area contributed by atoms with E-state index in [1.807, 2.05) is 0 Å². The van der Waals surface area contributed by atoms with Gasteiger partial charge in [-0.25, -0.2) is 32.8 Å². The zero-order valence-electron chi connectivity index (χ0n) is 22.7. The van der Waals surface area contributed by atoms with Crippen molar-refractivity contribution in [1.82, 2.24) is 29.1 Å². The summed E-state index contributed by atoms with van der Waals surface area (Å²) in [5.74, 6) is -1.70. The highest BCUT2D eigenvalue weighted by Crippen LogP contribution is 2.36. The molecule has 6 rings (SSSR count). The van der Waals surface area contributed by atoms with Crippen LogP contribution in [-0.2, 0) is 0 Å². The molecule has 0 spiro atoms. The molecule has 0 amide bonds. The Labute approximate surface area is 237 Å². The van der Waals surface area contributed by atoms with Crippen LogP contribution >= 0.6 is 0 Å². The van der Waals surface area contributed by atoms with Crippen LogP contribution < -0.4 is 16.0 Å². The number of pyridine rings is 1. The van der Waals surface area contributed by atoms with Crippen LogP contribution in [0.25, 0.3) is 39.1 Å². The molecule has 6 aromatic rings.